The summed E-state index contributed by atoms with van der Waals surface area (Å²) in [6.07, 6.45) is 8.37. The number of amides is 1. The number of aryl methyl sites for hydroxylation is 1. The fourth-order valence-corrected chi connectivity index (χ4v) is 6.00. The molecule has 0 aliphatic heterocycles. The second-order valence-electron chi connectivity index (χ2n) is 8.20. The van der Waals surface area contributed by atoms with Crippen LogP contribution in [-0.4, -0.2) is 18.0 Å². The summed E-state index contributed by atoms with van der Waals surface area (Å²) in [6, 6.07) is 5.99. The Balaban J connectivity index is 1.35. The molecule has 4 aliphatic carbocycles. The summed E-state index contributed by atoms with van der Waals surface area (Å²) < 4.78 is 1.04. The third-order valence-corrected chi connectivity index (χ3v) is 7.12. The molecule has 1 amide bonds. The summed E-state index contributed by atoms with van der Waals surface area (Å²) in [5.74, 6) is 2.94. The number of anilines is 1. The standard InChI is InChI=1S/C19H25BrN2O/c1-12-2-3-16(7-17(12)20)22-18(23)11-21-19-8-13-4-14(9-19)6-15(5-13)10-19/h2-3,7,13-15,21H,4-6,8-11H2,1H3,(H,22,23)/p+1. The Hall–Kier alpha value is -0.870. The zero-order valence-corrected chi connectivity index (χ0v) is 15.4. The number of nitrogens with one attached hydrogen (secondary N) is 1. The van der Waals surface area contributed by atoms with Gasteiger partial charge in [-0.05, 0) is 61.6 Å². The fraction of sp³-hybridized carbons (Fsp3) is 0.632. The minimum atomic E-state index is 0.122. The molecule has 23 heavy (non-hydrogen) atoms. The van der Waals surface area contributed by atoms with Gasteiger partial charge in [0.15, 0.2) is 6.54 Å². The Morgan fingerprint density at radius 1 is 1.22 bits per heavy atom. The summed E-state index contributed by atoms with van der Waals surface area (Å²) >= 11 is 3.52. The number of benzene rings is 1. The van der Waals surface area contributed by atoms with E-state index in [-0.39, 0.29) is 5.91 Å². The Bertz CT molecular complexity index is 593. The van der Waals surface area contributed by atoms with Gasteiger partial charge in [-0.1, -0.05) is 22.0 Å². The van der Waals surface area contributed by atoms with Gasteiger partial charge in [-0.2, -0.15) is 0 Å². The predicted molar refractivity (Wildman–Crippen MR) is 95.2 cm³/mol. The lowest BCUT2D eigenvalue weighted by molar-refractivity contribution is -0.729. The molecular weight excluding hydrogens is 352 g/mol. The van der Waals surface area contributed by atoms with E-state index in [1.54, 1.807) is 0 Å². The van der Waals surface area contributed by atoms with Crippen molar-refractivity contribution >= 4 is 27.5 Å². The minimum Gasteiger partial charge on any atom is -0.334 e. The molecule has 4 aliphatic rings. The van der Waals surface area contributed by atoms with Crippen molar-refractivity contribution in [2.45, 2.75) is 51.0 Å². The van der Waals surface area contributed by atoms with Crippen molar-refractivity contribution in [3.63, 3.8) is 0 Å². The first-order valence-corrected chi connectivity index (χ1v) is 9.71. The zero-order valence-electron chi connectivity index (χ0n) is 13.8. The van der Waals surface area contributed by atoms with Crippen molar-refractivity contribution in [2.24, 2.45) is 17.8 Å². The summed E-state index contributed by atoms with van der Waals surface area (Å²) in [6.45, 7) is 2.61. The van der Waals surface area contributed by atoms with Crippen molar-refractivity contribution in [2.75, 3.05) is 11.9 Å². The second-order valence-corrected chi connectivity index (χ2v) is 9.05. The molecule has 4 fully saturated rings. The largest absolute Gasteiger partial charge is 0.334 e. The summed E-state index contributed by atoms with van der Waals surface area (Å²) in [7, 11) is 0. The molecule has 4 bridgehead atoms. The van der Waals surface area contributed by atoms with Gasteiger partial charge in [-0.25, -0.2) is 0 Å². The van der Waals surface area contributed by atoms with Crippen molar-refractivity contribution < 1.29 is 10.1 Å². The van der Waals surface area contributed by atoms with Gasteiger partial charge in [0.2, 0.25) is 0 Å². The first-order chi connectivity index (χ1) is 11.0. The van der Waals surface area contributed by atoms with Crippen LogP contribution in [0, 0.1) is 24.7 Å². The van der Waals surface area contributed by atoms with Crippen molar-refractivity contribution in [3.05, 3.63) is 28.2 Å². The van der Waals surface area contributed by atoms with Gasteiger partial charge in [-0.15, -0.1) is 0 Å². The predicted octanol–water partition coefficient (Wildman–Crippen LogP) is 3.23. The van der Waals surface area contributed by atoms with E-state index in [1.165, 1.54) is 44.1 Å². The number of carbonyl (C=O) groups excluding carboxylic acids is 1. The molecule has 0 atom stereocenters. The zero-order chi connectivity index (χ0) is 16.0. The van der Waals surface area contributed by atoms with Crippen molar-refractivity contribution in [1.82, 2.24) is 0 Å². The molecule has 0 unspecified atom stereocenters. The molecule has 0 radical (unpaired) electrons. The molecule has 0 heterocycles. The molecule has 5 rings (SSSR count). The maximum Gasteiger partial charge on any atom is 0.279 e. The van der Waals surface area contributed by atoms with Crippen LogP contribution < -0.4 is 10.6 Å². The third kappa shape index (κ3) is 3.20. The first kappa shape index (κ1) is 15.6. The monoisotopic (exact) mass is 377 g/mol. The summed E-state index contributed by atoms with van der Waals surface area (Å²) in [5.41, 5.74) is 2.44. The van der Waals surface area contributed by atoms with E-state index < -0.39 is 0 Å². The van der Waals surface area contributed by atoms with E-state index in [1.807, 2.05) is 18.2 Å². The van der Waals surface area contributed by atoms with E-state index in [9.17, 15) is 4.79 Å². The highest BCUT2D eigenvalue weighted by Gasteiger charge is 2.53. The lowest BCUT2D eigenvalue weighted by Crippen LogP contribution is -3.00. The van der Waals surface area contributed by atoms with Gasteiger partial charge in [0, 0.05) is 29.4 Å². The minimum absolute atomic E-state index is 0.122. The van der Waals surface area contributed by atoms with Crippen LogP contribution in [0.1, 0.15) is 44.1 Å². The first-order valence-electron chi connectivity index (χ1n) is 8.92. The van der Waals surface area contributed by atoms with Crippen LogP contribution in [0.25, 0.3) is 0 Å². The van der Waals surface area contributed by atoms with Crippen LogP contribution in [-0.2, 0) is 4.79 Å². The van der Waals surface area contributed by atoms with Gasteiger partial charge in [0.05, 0.1) is 5.54 Å². The molecule has 0 spiro atoms. The van der Waals surface area contributed by atoms with Crippen LogP contribution in [0.5, 0.6) is 0 Å². The molecule has 0 aromatic heterocycles. The van der Waals surface area contributed by atoms with E-state index in [0.29, 0.717) is 12.1 Å². The molecule has 1 aromatic rings. The normalized spacial score (nSPS) is 34.6. The molecule has 4 saturated carbocycles. The lowest BCUT2D eigenvalue weighted by atomic mass is 9.53. The third-order valence-electron chi connectivity index (χ3n) is 6.26. The van der Waals surface area contributed by atoms with Gasteiger partial charge in [0.1, 0.15) is 0 Å². The van der Waals surface area contributed by atoms with Crippen molar-refractivity contribution in [3.8, 4) is 0 Å². The smallest absolute Gasteiger partial charge is 0.279 e. The molecule has 4 heteroatoms. The van der Waals surface area contributed by atoms with Crippen molar-refractivity contribution in [1.29, 1.82) is 0 Å². The maximum atomic E-state index is 12.3. The van der Waals surface area contributed by atoms with E-state index in [0.717, 1.165) is 27.9 Å². The molecular formula is C19H26BrN2O+. The molecule has 3 nitrogen and oxygen atoms in total. The lowest BCUT2D eigenvalue weighted by Gasteiger charge is -2.54. The highest BCUT2D eigenvalue weighted by molar-refractivity contribution is 9.10. The Morgan fingerprint density at radius 2 is 1.83 bits per heavy atom. The SMILES string of the molecule is Cc1ccc(NC(=O)C[NH2+]C23CC4CC(CC(C4)C2)C3)cc1Br. The van der Waals surface area contributed by atoms with Crippen LogP contribution in [0.15, 0.2) is 22.7 Å². The molecule has 124 valence electrons. The van der Waals surface area contributed by atoms with Crippen LogP contribution >= 0.6 is 15.9 Å². The topological polar surface area (TPSA) is 45.7 Å². The Kier molecular flexibility index (Phi) is 4.01. The van der Waals surface area contributed by atoms with Gasteiger partial charge in [0.25, 0.3) is 5.91 Å². The average Bonchev–Trinajstić information content (AvgIpc) is 2.48. The van der Waals surface area contributed by atoms with E-state index in [4.69, 9.17) is 0 Å². The van der Waals surface area contributed by atoms with E-state index in [2.05, 4.69) is 33.5 Å². The van der Waals surface area contributed by atoms with E-state index >= 15 is 0 Å². The van der Waals surface area contributed by atoms with Crippen LogP contribution in [0.4, 0.5) is 5.69 Å². The second kappa shape index (κ2) is 5.89. The quantitative estimate of drug-likeness (QED) is 0.830. The van der Waals surface area contributed by atoms with Gasteiger partial charge < -0.3 is 10.6 Å². The molecule has 3 N–H and O–H groups in total. The molecule has 0 saturated heterocycles. The summed E-state index contributed by atoms with van der Waals surface area (Å²) in [4.78, 5) is 12.3. The highest BCUT2D eigenvalue weighted by Crippen LogP contribution is 2.54. The Morgan fingerprint density at radius 3 is 2.39 bits per heavy atom. The van der Waals surface area contributed by atoms with Gasteiger partial charge >= 0.3 is 0 Å². The van der Waals surface area contributed by atoms with Crippen LogP contribution in [0.3, 0.4) is 0 Å². The van der Waals surface area contributed by atoms with Crippen LogP contribution in [0.2, 0.25) is 0 Å². The molecule has 1 aromatic carbocycles. The highest BCUT2D eigenvalue weighted by atomic mass is 79.9. The Labute approximate surface area is 146 Å². The summed E-state index contributed by atoms with van der Waals surface area (Å²) in [5, 5.41) is 5.41. The number of carbonyl (C=O) groups is 1. The number of nitrogens with two attached hydrogens (primary N) is 1. The number of halogens is 1. The number of hydrogen-bond donors (Lipinski definition) is 2. The number of quaternary nitrogens is 1. The fourth-order valence-electron chi connectivity index (χ4n) is 5.62. The van der Waals surface area contributed by atoms with Gasteiger partial charge in [-0.3, -0.25) is 4.79 Å². The maximum absolute atomic E-state index is 12.3. The average molecular weight is 378 g/mol. The number of rotatable bonds is 4. The number of hydrogen-bond acceptors (Lipinski definition) is 1.